The number of likely N-dealkylation sites (N-methyl/N-ethyl adjacent to an activating group) is 1. The Morgan fingerprint density at radius 1 is 1.19 bits per heavy atom. The molecule has 0 aliphatic carbocycles. The highest BCUT2D eigenvalue weighted by atomic mass is 16.4. The second-order valence-corrected chi connectivity index (χ2v) is 6.86. The predicted octanol–water partition coefficient (Wildman–Crippen LogP) is 1.52. The van der Waals surface area contributed by atoms with Crippen LogP contribution in [0.1, 0.15) is 24.3 Å². The zero-order valence-electron chi connectivity index (χ0n) is 15.8. The topological polar surface area (TPSA) is 87.5 Å². The van der Waals surface area contributed by atoms with Gasteiger partial charge in [0.05, 0.1) is 18.7 Å². The van der Waals surface area contributed by atoms with E-state index in [1.54, 1.807) is 7.05 Å². The number of piperidine rings is 1. The van der Waals surface area contributed by atoms with Crippen molar-refractivity contribution in [1.82, 2.24) is 20.5 Å². The summed E-state index contributed by atoms with van der Waals surface area (Å²) in [7, 11) is 1.64. The first-order chi connectivity index (χ1) is 13.0. The largest absolute Gasteiger partial charge is 0.441 e. The number of nitrogens with zero attached hydrogens (tertiary/aromatic N) is 2. The number of hydrogen-bond acceptors (Lipinski definition) is 5. The average Bonchev–Trinajstić information content (AvgIpc) is 3.04. The van der Waals surface area contributed by atoms with E-state index in [-0.39, 0.29) is 24.3 Å². The van der Waals surface area contributed by atoms with Gasteiger partial charge in [0, 0.05) is 31.7 Å². The standard InChI is InChI=1S/C20H26N4O3/c1-14-17(23-20(27-14)15-6-4-3-5-7-15)12-18(25)22-16-8-10-24(11-9-16)13-19(26)21-2/h3-7,16H,8-13H2,1-2H3,(H,21,26)(H,22,25). The molecule has 1 aliphatic rings. The second kappa shape index (κ2) is 8.81. The number of oxazole rings is 1. The SMILES string of the molecule is CNC(=O)CN1CCC(NC(=O)Cc2nc(-c3ccccc3)oc2C)CC1. The summed E-state index contributed by atoms with van der Waals surface area (Å²) in [6.45, 7) is 3.86. The normalized spacial score (nSPS) is 15.5. The number of nitrogens with one attached hydrogen (secondary N) is 2. The monoisotopic (exact) mass is 370 g/mol. The predicted molar refractivity (Wildman–Crippen MR) is 102 cm³/mol. The molecular formula is C20H26N4O3. The Labute approximate surface area is 159 Å². The van der Waals surface area contributed by atoms with Gasteiger partial charge in [0.2, 0.25) is 17.7 Å². The van der Waals surface area contributed by atoms with Crippen molar-refractivity contribution >= 4 is 11.8 Å². The van der Waals surface area contributed by atoms with Crippen LogP contribution in [0.2, 0.25) is 0 Å². The quantitative estimate of drug-likeness (QED) is 0.805. The average molecular weight is 370 g/mol. The summed E-state index contributed by atoms with van der Waals surface area (Å²) >= 11 is 0. The van der Waals surface area contributed by atoms with Crippen LogP contribution in [0.4, 0.5) is 0 Å². The van der Waals surface area contributed by atoms with Gasteiger partial charge >= 0.3 is 0 Å². The van der Waals surface area contributed by atoms with Gasteiger partial charge < -0.3 is 15.1 Å². The van der Waals surface area contributed by atoms with E-state index in [1.807, 2.05) is 37.3 Å². The molecule has 3 rings (SSSR count). The number of amides is 2. The van der Waals surface area contributed by atoms with Crippen LogP contribution in [0.15, 0.2) is 34.7 Å². The van der Waals surface area contributed by atoms with Gasteiger partial charge in [-0.05, 0) is 31.9 Å². The second-order valence-electron chi connectivity index (χ2n) is 6.86. The van der Waals surface area contributed by atoms with Crippen LogP contribution in [-0.2, 0) is 16.0 Å². The van der Waals surface area contributed by atoms with Gasteiger partial charge in [0.25, 0.3) is 0 Å². The zero-order chi connectivity index (χ0) is 19.2. The molecule has 2 N–H and O–H groups in total. The number of carbonyl (C=O) groups is 2. The Hall–Kier alpha value is -2.67. The van der Waals surface area contributed by atoms with Crippen molar-refractivity contribution in [3.63, 3.8) is 0 Å². The molecule has 1 saturated heterocycles. The molecule has 144 valence electrons. The van der Waals surface area contributed by atoms with Crippen molar-refractivity contribution in [3.8, 4) is 11.5 Å². The van der Waals surface area contributed by atoms with Crippen LogP contribution in [0, 0.1) is 6.92 Å². The molecule has 7 heteroatoms. The highest BCUT2D eigenvalue weighted by Crippen LogP contribution is 2.21. The molecule has 0 bridgehead atoms. The number of hydrogen-bond donors (Lipinski definition) is 2. The third kappa shape index (κ3) is 5.17. The number of likely N-dealkylation sites (tertiary alicyclic amines) is 1. The van der Waals surface area contributed by atoms with Crippen molar-refractivity contribution < 1.29 is 14.0 Å². The highest BCUT2D eigenvalue weighted by Gasteiger charge is 2.23. The Balaban J connectivity index is 1.50. The Kier molecular flexibility index (Phi) is 6.24. The molecule has 0 unspecified atom stereocenters. The van der Waals surface area contributed by atoms with E-state index in [9.17, 15) is 9.59 Å². The summed E-state index contributed by atoms with van der Waals surface area (Å²) in [5.41, 5.74) is 1.57. The van der Waals surface area contributed by atoms with Gasteiger partial charge in [-0.15, -0.1) is 0 Å². The molecule has 2 heterocycles. The molecule has 1 aromatic heterocycles. The maximum atomic E-state index is 12.4. The molecule has 1 fully saturated rings. The number of rotatable bonds is 6. The van der Waals surface area contributed by atoms with Crippen molar-refractivity contribution in [3.05, 3.63) is 41.8 Å². The van der Waals surface area contributed by atoms with Crippen LogP contribution in [-0.4, -0.2) is 54.4 Å². The molecule has 2 amide bonds. The van der Waals surface area contributed by atoms with E-state index in [1.165, 1.54) is 0 Å². The number of aryl methyl sites for hydroxylation is 1. The molecule has 0 atom stereocenters. The lowest BCUT2D eigenvalue weighted by Crippen LogP contribution is -2.47. The van der Waals surface area contributed by atoms with E-state index in [0.29, 0.717) is 23.9 Å². The fraction of sp³-hybridized carbons (Fsp3) is 0.450. The molecule has 0 spiro atoms. The maximum absolute atomic E-state index is 12.4. The van der Waals surface area contributed by atoms with E-state index in [4.69, 9.17) is 4.42 Å². The van der Waals surface area contributed by atoms with Crippen LogP contribution in [0.3, 0.4) is 0 Å². The first-order valence-electron chi connectivity index (χ1n) is 9.29. The van der Waals surface area contributed by atoms with E-state index < -0.39 is 0 Å². The summed E-state index contributed by atoms with van der Waals surface area (Å²) in [6, 6.07) is 9.80. The Morgan fingerprint density at radius 2 is 1.89 bits per heavy atom. The van der Waals surface area contributed by atoms with Gasteiger partial charge in [0.1, 0.15) is 5.76 Å². The maximum Gasteiger partial charge on any atom is 0.233 e. The lowest BCUT2D eigenvalue weighted by atomic mass is 10.0. The van der Waals surface area contributed by atoms with Gasteiger partial charge in [-0.3, -0.25) is 14.5 Å². The fourth-order valence-electron chi connectivity index (χ4n) is 3.24. The fourth-order valence-corrected chi connectivity index (χ4v) is 3.24. The Morgan fingerprint density at radius 3 is 2.56 bits per heavy atom. The van der Waals surface area contributed by atoms with Crippen molar-refractivity contribution in [2.45, 2.75) is 32.2 Å². The summed E-state index contributed by atoms with van der Waals surface area (Å²) < 4.78 is 5.72. The molecule has 1 aliphatic heterocycles. The third-order valence-electron chi connectivity index (χ3n) is 4.84. The molecule has 1 aromatic carbocycles. The van der Waals surface area contributed by atoms with Crippen LogP contribution < -0.4 is 10.6 Å². The van der Waals surface area contributed by atoms with E-state index >= 15 is 0 Å². The molecule has 7 nitrogen and oxygen atoms in total. The summed E-state index contributed by atoms with van der Waals surface area (Å²) in [5.74, 6) is 1.19. The summed E-state index contributed by atoms with van der Waals surface area (Å²) in [5, 5.41) is 5.72. The lowest BCUT2D eigenvalue weighted by Gasteiger charge is -2.31. The van der Waals surface area contributed by atoms with Gasteiger partial charge in [-0.2, -0.15) is 0 Å². The highest BCUT2D eigenvalue weighted by molar-refractivity contribution is 5.79. The molecule has 27 heavy (non-hydrogen) atoms. The minimum atomic E-state index is -0.0456. The summed E-state index contributed by atoms with van der Waals surface area (Å²) in [6.07, 6.45) is 1.90. The van der Waals surface area contributed by atoms with Crippen LogP contribution in [0.5, 0.6) is 0 Å². The first-order valence-corrected chi connectivity index (χ1v) is 9.29. The third-order valence-corrected chi connectivity index (χ3v) is 4.84. The zero-order valence-corrected chi connectivity index (χ0v) is 15.8. The van der Waals surface area contributed by atoms with Gasteiger partial charge in [-0.1, -0.05) is 18.2 Å². The first kappa shape index (κ1) is 19.1. The van der Waals surface area contributed by atoms with Gasteiger partial charge in [-0.25, -0.2) is 4.98 Å². The lowest BCUT2D eigenvalue weighted by molar-refractivity contribution is -0.123. The smallest absolute Gasteiger partial charge is 0.233 e. The van der Waals surface area contributed by atoms with Gasteiger partial charge in [0.15, 0.2) is 0 Å². The molecular weight excluding hydrogens is 344 g/mol. The Bertz CT molecular complexity index is 780. The summed E-state index contributed by atoms with van der Waals surface area (Å²) in [4.78, 5) is 30.4. The van der Waals surface area contributed by atoms with Crippen molar-refractivity contribution in [2.75, 3.05) is 26.7 Å². The molecule has 0 saturated carbocycles. The number of aromatic nitrogens is 1. The number of carbonyl (C=O) groups excluding carboxylic acids is 2. The van der Waals surface area contributed by atoms with Crippen molar-refractivity contribution in [1.29, 1.82) is 0 Å². The minimum Gasteiger partial charge on any atom is -0.441 e. The molecule has 2 aromatic rings. The van der Waals surface area contributed by atoms with E-state index in [2.05, 4.69) is 20.5 Å². The van der Waals surface area contributed by atoms with Crippen LogP contribution in [0.25, 0.3) is 11.5 Å². The van der Waals surface area contributed by atoms with Crippen molar-refractivity contribution in [2.24, 2.45) is 0 Å². The van der Waals surface area contributed by atoms with Crippen LogP contribution >= 0.6 is 0 Å². The number of benzene rings is 1. The molecule has 0 radical (unpaired) electrons. The minimum absolute atomic E-state index is 0.0215. The van der Waals surface area contributed by atoms with E-state index in [0.717, 1.165) is 31.5 Å².